The van der Waals surface area contributed by atoms with E-state index in [-0.39, 0.29) is 6.54 Å². The van der Waals surface area contributed by atoms with Gasteiger partial charge >= 0.3 is 0 Å². The number of nitrogens with zero attached hydrogens (tertiary/aromatic N) is 2. The molecule has 0 aliphatic heterocycles. The molecule has 14 heavy (non-hydrogen) atoms. The predicted octanol–water partition coefficient (Wildman–Crippen LogP) is 1.86. The van der Waals surface area contributed by atoms with Crippen LogP contribution in [-0.2, 0) is 6.54 Å². The number of halogens is 2. The molecule has 0 saturated heterocycles. The third-order valence-corrected chi connectivity index (χ3v) is 1.72. The molecular formula is C9H13F2N3. The van der Waals surface area contributed by atoms with Crippen LogP contribution in [0.15, 0.2) is 18.5 Å². The van der Waals surface area contributed by atoms with Gasteiger partial charge in [0.05, 0.1) is 6.20 Å². The van der Waals surface area contributed by atoms with Crippen LogP contribution in [-0.4, -0.2) is 16.2 Å². The number of alkyl halides is 2. The molecule has 0 fully saturated rings. The first-order valence-corrected chi connectivity index (χ1v) is 4.40. The van der Waals surface area contributed by atoms with Gasteiger partial charge < -0.3 is 5.73 Å². The van der Waals surface area contributed by atoms with E-state index in [9.17, 15) is 8.78 Å². The summed E-state index contributed by atoms with van der Waals surface area (Å²) in [6, 6.07) is 0. The van der Waals surface area contributed by atoms with Crippen LogP contribution < -0.4 is 5.73 Å². The molecule has 5 heteroatoms. The molecule has 2 N–H and O–H groups in total. The van der Waals surface area contributed by atoms with Crippen LogP contribution in [0.3, 0.4) is 0 Å². The first kappa shape index (κ1) is 10.7. The largest absolute Gasteiger partial charge is 0.398 e. The molecule has 1 rings (SSSR count). The molecule has 78 valence electrons. The van der Waals surface area contributed by atoms with Gasteiger partial charge in [-0.05, 0) is 6.42 Å². The van der Waals surface area contributed by atoms with E-state index in [4.69, 9.17) is 5.73 Å². The minimum absolute atomic E-state index is 0.389. The van der Waals surface area contributed by atoms with Crippen LogP contribution in [0, 0.1) is 0 Å². The highest BCUT2D eigenvalue weighted by molar-refractivity contribution is 5.60. The van der Waals surface area contributed by atoms with Gasteiger partial charge in [-0.3, -0.25) is 4.68 Å². The average molecular weight is 201 g/mol. The van der Waals surface area contributed by atoms with E-state index < -0.39 is 6.43 Å². The summed E-state index contributed by atoms with van der Waals surface area (Å²) < 4.78 is 25.1. The Bertz CT molecular complexity index is 318. The molecule has 0 saturated carbocycles. The topological polar surface area (TPSA) is 43.8 Å². The molecule has 1 aromatic heterocycles. The molecule has 0 aliphatic rings. The first-order valence-electron chi connectivity index (χ1n) is 4.40. The average Bonchev–Trinajstić information content (AvgIpc) is 2.52. The van der Waals surface area contributed by atoms with Gasteiger partial charge in [-0.2, -0.15) is 5.10 Å². The molecule has 3 nitrogen and oxygen atoms in total. The standard InChI is InChI=1S/C9H13F2N3/c1-2-3-8(12)7-4-13-14(5-7)6-9(10)11/h3-5,9H,2,6,12H2,1H3/b8-3-. The van der Waals surface area contributed by atoms with Crippen molar-refractivity contribution in [1.29, 1.82) is 0 Å². The summed E-state index contributed by atoms with van der Waals surface area (Å²) in [5.41, 5.74) is 6.93. The zero-order valence-corrected chi connectivity index (χ0v) is 7.95. The van der Waals surface area contributed by atoms with Gasteiger partial charge in [0.1, 0.15) is 6.54 Å². The Morgan fingerprint density at radius 3 is 3.00 bits per heavy atom. The zero-order chi connectivity index (χ0) is 10.6. The molecule has 0 atom stereocenters. The van der Waals surface area contributed by atoms with E-state index in [1.165, 1.54) is 17.1 Å². The third-order valence-electron chi connectivity index (χ3n) is 1.72. The fourth-order valence-corrected chi connectivity index (χ4v) is 1.09. The molecule has 1 aromatic rings. The number of aromatic nitrogens is 2. The van der Waals surface area contributed by atoms with E-state index in [2.05, 4.69) is 5.10 Å². The molecular weight excluding hydrogens is 188 g/mol. The second kappa shape index (κ2) is 4.74. The molecule has 0 aromatic carbocycles. The van der Waals surface area contributed by atoms with Crippen molar-refractivity contribution in [1.82, 2.24) is 9.78 Å². The van der Waals surface area contributed by atoms with E-state index in [0.717, 1.165) is 6.42 Å². The van der Waals surface area contributed by atoms with Crippen LogP contribution in [0.5, 0.6) is 0 Å². The SMILES string of the molecule is CC/C=C(\N)c1cnn(CC(F)F)c1. The monoisotopic (exact) mass is 201 g/mol. The molecule has 0 bridgehead atoms. The lowest BCUT2D eigenvalue weighted by Crippen LogP contribution is -2.06. The summed E-state index contributed by atoms with van der Waals surface area (Å²) in [6.07, 6.45) is 3.26. The van der Waals surface area contributed by atoms with Gasteiger partial charge in [0.25, 0.3) is 6.43 Å². The maximum absolute atomic E-state index is 12.0. The maximum Gasteiger partial charge on any atom is 0.257 e. The summed E-state index contributed by atoms with van der Waals surface area (Å²) >= 11 is 0. The Balaban J connectivity index is 2.72. The molecule has 0 aliphatic carbocycles. The fraction of sp³-hybridized carbons (Fsp3) is 0.444. The van der Waals surface area contributed by atoms with Gasteiger partial charge in [-0.1, -0.05) is 13.0 Å². The van der Waals surface area contributed by atoms with Crippen LogP contribution in [0.2, 0.25) is 0 Å². The number of nitrogens with two attached hydrogens (primary N) is 1. The van der Waals surface area contributed by atoms with Crippen molar-refractivity contribution >= 4 is 5.70 Å². The van der Waals surface area contributed by atoms with Crippen LogP contribution >= 0.6 is 0 Å². The Hall–Kier alpha value is -1.39. The van der Waals surface area contributed by atoms with E-state index >= 15 is 0 Å². The lowest BCUT2D eigenvalue weighted by atomic mass is 10.2. The van der Waals surface area contributed by atoms with Crippen LogP contribution in [0.1, 0.15) is 18.9 Å². The van der Waals surface area contributed by atoms with Crippen LogP contribution in [0.25, 0.3) is 5.70 Å². The Morgan fingerprint density at radius 2 is 2.43 bits per heavy atom. The highest BCUT2D eigenvalue weighted by atomic mass is 19.3. The van der Waals surface area contributed by atoms with Crippen molar-refractivity contribution in [3.8, 4) is 0 Å². The highest BCUT2D eigenvalue weighted by Gasteiger charge is 2.06. The van der Waals surface area contributed by atoms with Gasteiger partial charge in [-0.15, -0.1) is 0 Å². The summed E-state index contributed by atoms with van der Waals surface area (Å²) in [4.78, 5) is 0. The van der Waals surface area contributed by atoms with Crippen molar-refractivity contribution in [3.63, 3.8) is 0 Å². The Labute approximate surface area is 81.2 Å². The predicted molar refractivity (Wildman–Crippen MR) is 50.7 cm³/mol. The number of hydrogen-bond donors (Lipinski definition) is 1. The van der Waals surface area contributed by atoms with Gasteiger partial charge in [0.15, 0.2) is 0 Å². The fourth-order valence-electron chi connectivity index (χ4n) is 1.09. The quantitative estimate of drug-likeness (QED) is 0.808. The molecule has 0 radical (unpaired) electrons. The maximum atomic E-state index is 12.0. The van der Waals surface area contributed by atoms with Crippen LogP contribution in [0.4, 0.5) is 8.78 Å². The summed E-state index contributed by atoms with van der Waals surface area (Å²) in [5, 5.41) is 3.78. The lowest BCUT2D eigenvalue weighted by Gasteiger charge is -1.98. The van der Waals surface area contributed by atoms with Crippen molar-refractivity contribution in [2.24, 2.45) is 5.73 Å². The summed E-state index contributed by atoms with van der Waals surface area (Å²) in [7, 11) is 0. The number of rotatable bonds is 4. The zero-order valence-electron chi connectivity index (χ0n) is 7.95. The van der Waals surface area contributed by atoms with Crippen molar-refractivity contribution < 1.29 is 8.78 Å². The Morgan fingerprint density at radius 1 is 1.71 bits per heavy atom. The van der Waals surface area contributed by atoms with E-state index in [0.29, 0.717) is 11.3 Å². The van der Waals surface area contributed by atoms with Gasteiger partial charge in [0.2, 0.25) is 0 Å². The van der Waals surface area contributed by atoms with Crippen molar-refractivity contribution in [2.45, 2.75) is 26.3 Å². The van der Waals surface area contributed by atoms with Gasteiger partial charge in [-0.25, -0.2) is 8.78 Å². The first-order chi connectivity index (χ1) is 6.63. The lowest BCUT2D eigenvalue weighted by molar-refractivity contribution is 0.122. The Kier molecular flexibility index (Phi) is 3.62. The molecule has 0 amide bonds. The number of allylic oxidation sites excluding steroid dienone is 1. The second-order valence-corrected chi connectivity index (χ2v) is 2.91. The molecule has 1 heterocycles. The minimum atomic E-state index is -2.39. The highest BCUT2D eigenvalue weighted by Crippen LogP contribution is 2.09. The third kappa shape index (κ3) is 2.83. The second-order valence-electron chi connectivity index (χ2n) is 2.91. The minimum Gasteiger partial charge on any atom is -0.398 e. The summed E-state index contributed by atoms with van der Waals surface area (Å²) in [6.45, 7) is 1.57. The van der Waals surface area contributed by atoms with Crippen molar-refractivity contribution in [2.75, 3.05) is 0 Å². The summed E-state index contributed by atoms with van der Waals surface area (Å²) in [5.74, 6) is 0. The molecule has 0 unspecified atom stereocenters. The van der Waals surface area contributed by atoms with E-state index in [1.54, 1.807) is 0 Å². The normalized spacial score (nSPS) is 12.4. The number of hydrogen-bond acceptors (Lipinski definition) is 2. The van der Waals surface area contributed by atoms with E-state index in [1.807, 2.05) is 13.0 Å². The van der Waals surface area contributed by atoms with Crippen molar-refractivity contribution in [3.05, 3.63) is 24.0 Å². The molecule has 0 spiro atoms. The smallest absolute Gasteiger partial charge is 0.257 e. The van der Waals surface area contributed by atoms with Gasteiger partial charge in [0, 0.05) is 17.5 Å².